The van der Waals surface area contributed by atoms with E-state index in [1.54, 1.807) is 12.4 Å². The molecule has 2 atom stereocenters. The molecule has 98 valence electrons. The fourth-order valence-corrected chi connectivity index (χ4v) is 3.33. The van der Waals surface area contributed by atoms with Gasteiger partial charge in [0.25, 0.3) is 0 Å². The predicted molar refractivity (Wildman–Crippen MR) is 72.4 cm³/mol. The molecule has 0 saturated carbocycles. The highest BCUT2D eigenvalue weighted by atomic mass is 15.3. The van der Waals surface area contributed by atoms with Crippen LogP contribution in [0.4, 0.5) is 11.6 Å². The van der Waals surface area contributed by atoms with Gasteiger partial charge in [-0.25, -0.2) is 9.97 Å². The molecule has 5 heteroatoms. The molecular formula is C13H21N5. The molecule has 18 heavy (non-hydrogen) atoms. The molecule has 2 aliphatic heterocycles. The van der Waals surface area contributed by atoms with Crippen molar-refractivity contribution in [2.75, 3.05) is 37.3 Å². The van der Waals surface area contributed by atoms with Gasteiger partial charge in [0.1, 0.15) is 0 Å². The van der Waals surface area contributed by atoms with Crippen LogP contribution in [0.2, 0.25) is 0 Å². The zero-order valence-electron chi connectivity index (χ0n) is 10.9. The van der Waals surface area contributed by atoms with Gasteiger partial charge in [-0.05, 0) is 38.8 Å². The standard InChI is InChI=1S/C13H21N5/c1-17-5-2-3-10-9-18(6-4-12(10)17)13-15-7-11(14)8-16-13/h7-8,10,12H,2-6,9,14H2,1H3. The molecule has 1 aromatic heterocycles. The number of nitrogens with two attached hydrogens (primary N) is 1. The van der Waals surface area contributed by atoms with Crippen LogP contribution in [-0.4, -0.2) is 47.6 Å². The summed E-state index contributed by atoms with van der Waals surface area (Å²) in [5, 5.41) is 0. The number of aromatic nitrogens is 2. The average molecular weight is 247 g/mol. The summed E-state index contributed by atoms with van der Waals surface area (Å²) >= 11 is 0. The molecule has 5 nitrogen and oxygen atoms in total. The number of likely N-dealkylation sites (tertiary alicyclic amines) is 1. The summed E-state index contributed by atoms with van der Waals surface area (Å²) in [5.74, 6) is 1.59. The maximum absolute atomic E-state index is 5.63. The number of rotatable bonds is 1. The third kappa shape index (κ3) is 2.14. The van der Waals surface area contributed by atoms with Crippen molar-refractivity contribution in [2.45, 2.75) is 25.3 Å². The topological polar surface area (TPSA) is 58.3 Å². The number of nitrogens with zero attached hydrogens (tertiary/aromatic N) is 4. The van der Waals surface area contributed by atoms with E-state index in [0.29, 0.717) is 5.69 Å². The van der Waals surface area contributed by atoms with E-state index >= 15 is 0 Å². The summed E-state index contributed by atoms with van der Waals surface area (Å²) < 4.78 is 0. The monoisotopic (exact) mass is 247 g/mol. The second-order valence-corrected chi connectivity index (χ2v) is 5.50. The Morgan fingerprint density at radius 2 is 2.00 bits per heavy atom. The summed E-state index contributed by atoms with van der Waals surface area (Å²) in [5.41, 5.74) is 6.26. The molecule has 0 spiro atoms. The SMILES string of the molecule is CN1CCCC2CN(c3ncc(N)cn3)CCC21. The molecule has 0 bridgehead atoms. The van der Waals surface area contributed by atoms with Gasteiger partial charge in [-0.1, -0.05) is 0 Å². The van der Waals surface area contributed by atoms with Gasteiger partial charge in [0.2, 0.25) is 5.95 Å². The summed E-state index contributed by atoms with van der Waals surface area (Å²) in [6, 6.07) is 0.754. The maximum Gasteiger partial charge on any atom is 0.225 e. The first-order valence-corrected chi connectivity index (χ1v) is 6.77. The van der Waals surface area contributed by atoms with Crippen molar-refractivity contribution in [1.82, 2.24) is 14.9 Å². The largest absolute Gasteiger partial charge is 0.396 e. The summed E-state index contributed by atoms with van der Waals surface area (Å²) in [6.45, 7) is 3.38. The number of hydrogen-bond acceptors (Lipinski definition) is 5. The van der Waals surface area contributed by atoms with E-state index in [1.165, 1.54) is 25.8 Å². The van der Waals surface area contributed by atoms with Gasteiger partial charge in [-0.15, -0.1) is 0 Å². The van der Waals surface area contributed by atoms with Gasteiger partial charge in [0.05, 0.1) is 18.1 Å². The van der Waals surface area contributed by atoms with Gasteiger partial charge in [-0.2, -0.15) is 0 Å². The van der Waals surface area contributed by atoms with Crippen LogP contribution >= 0.6 is 0 Å². The molecular weight excluding hydrogens is 226 g/mol. The molecule has 2 saturated heterocycles. The van der Waals surface area contributed by atoms with Gasteiger partial charge in [0.15, 0.2) is 0 Å². The lowest BCUT2D eigenvalue weighted by atomic mass is 9.84. The Kier molecular flexibility index (Phi) is 3.07. The fourth-order valence-electron chi connectivity index (χ4n) is 3.33. The second kappa shape index (κ2) is 4.72. The van der Waals surface area contributed by atoms with Crippen LogP contribution in [0, 0.1) is 5.92 Å². The van der Waals surface area contributed by atoms with E-state index in [-0.39, 0.29) is 0 Å². The molecule has 0 aromatic carbocycles. The van der Waals surface area contributed by atoms with Crippen molar-refractivity contribution in [3.63, 3.8) is 0 Å². The number of nitrogen functional groups attached to an aromatic ring is 1. The van der Waals surface area contributed by atoms with Crippen LogP contribution in [0.15, 0.2) is 12.4 Å². The number of fused-ring (bicyclic) bond motifs is 1. The highest BCUT2D eigenvalue weighted by Crippen LogP contribution is 2.30. The molecule has 3 rings (SSSR count). The van der Waals surface area contributed by atoms with E-state index in [1.807, 2.05) is 0 Å². The number of anilines is 2. The minimum absolute atomic E-state index is 0.631. The van der Waals surface area contributed by atoms with Gasteiger partial charge in [-0.3, -0.25) is 0 Å². The van der Waals surface area contributed by atoms with Crippen molar-refractivity contribution < 1.29 is 0 Å². The minimum atomic E-state index is 0.631. The third-order valence-corrected chi connectivity index (χ3v) is 4.29. The first-order chi connectivity index (χ1) is 8.74. The maximum atomic E-state index is 5.63. The molecule has 2 aliphatic rings. The smallest absolute Gasteiger partial charge is 0.225 e. The van der Waals surface area contributed by atoms with E-state index in [9.17, 15) is 0 Å². The number of hydrogen-bond donors (Lipinski definition) is 1. The lowest BCUT2D eigenvalue weighted by Gasteiger charge is -2.45. The van der Waals surface area contributed by atoms with Crippen molar-refractivity contribution in [1.29, 1.82) is 0 Å². The molecule has 3 heterocycles. The lowest BCUT2D eigenvalue weighted by Crippen LogP contribution is -2.53. The lowest BCUT2D eigenvalue weighted by molar-refractivity contribution is 0.102. The van der Waals surface area contributed by atoms with E-state index in [0.717, 1.165) is 31.0 Å². The average Bonchev–Trinajstić information content (AvgIpc) is 2.39. The molecule has 1 aromatic rings. The van der Waals surface area contributed by atoms with Gasteiger partial charge >= 0.3 is 0 Å². The van der Waals surface area contributed by atoms with Crippen molar-refractivity contribution in [2.24, 2.45) is 5.92 Å². The van der Waals surface area contributed by atoms with Crippen LogP contribution in [0.1, 0.15) is 19.3 Å². The van der Waals surface area contributed by atoms with Crippen LogP contribution in [0.25, 0.3) is 0 Å². The van der Waals surface area contributed by atoms with Crippen molar-refractivity contribution in [3.05, 3.63) is 12.4 Å². The minimum Gasteiger partial charge on any atom is -0.396 e. The van der Waals surface area contributed by atoms with Gasteiger partial charge < -0.3 is 15.5 Å². The fraction of sp³-hybridized carbons (Fsp3) is 0.692. The molecule has 2 unspecified atom stereocenters. The zero-order chi connectivity index (χ0) is 12.5. The first-order valence-electron chi connectivity index (χ1n) is 6.77. The van der Waals surface area contributed by atoms with Gasteiger partial charge in [0, 0.05) is 19.1 Å². The van der Waals surface area contributed by atoms with Crippen LogP contribution in [0.3, 0.4) is 0 Å². The van der Waals surface area contributed by atoms with Crippen LogP contribution in [-0.2, 0) is 0 Å². The highest BCUT2D eigenvalue weighted by Gasteiger charge is 2.34. The summed E-state index contributed by atoms with van der Waals surface area (Å²) in [7, 11) is 2.26. The molecule has 0 radical (unpaired) electrons. The Bertz CT molecular complexity index is 404. The highest BCUT2D eigenvalue weighted by molar-refractivity contribution is 5.38. The second-order valence-electron chi connectivity index (χ2n) is 5.50. The Labute approximate surface area is 108 Å². The van der Waals surface area contributed by atoms with E-state index < -0.39 is 0 Å². The molecule has 2 N–H and O–H groups in total. The van der Waals surface area contributed by atoms with E-state index in [4.69, 9.17) is 5.73 Å². The number of piperidine rings is 2. The van der Waals surface area contributed by atoms with Crippen molar-refractivity contribution >= 4 is 11.6 Å². The molecule has 0 aliphatic carbocycles. The molecule has 2 fully saturated rings. The van der Waals surface area contributed by atoms with Crippen LogP contribution in [0.5, 0.6) is 0 Å². The summed E-state index contributed by atoms with van der Waals surface area (Å²) in [4.78, 5) is 13.5. The predicted octanol–water partition coefficient (Wildman–Crippen LogP) is 0.979. The summed E-state index contributed by atoms with van der Waals surface area (Å²) in [6.07, 6.45) is 7.26. The van der Waals surface area contributed by atoms with E-state index in [2.05, 4.69) is 26.8 Å². The molecule has 0 amide bonds. The Hall–Kier alpha value is -1.36. The van der Waals surface area contributed by atoms with Crippen molar-refractivity contribution in [3.8, 4) is 0 Å². The normalized spacial score (nSPS) is 29.1. The Balaban J connectivity index is 1.72. The first kappa shape index (κ1) is 11.7. The Morgan fingerprint density at radius 3 is 2.78 bits per heavy atom. The third-order valence-electron chi connectivity index (χ3n) is 4.29. The van der Waals surface area contributed by atoms with Crippen LogP contribution < -0.4 is 10.6 Å². The zero-order valence-corrected chi connectivity index (χ0v) is 10.9. The Morgan fingerprint density at radius 1 is 1.22 bits per heavy atom. The quantitative estimate of drug-likeness (QED) is 0.801.